The highest BCUT2D eigenvalue weighted by Gasteiger charge is 2.27. The lowest BCUT2D eigenvalue weighted by Gasteiger charge is -2.24. The standard InChI is InChI=1S/C28H25FN2O4S/c1-21-7-13-25(14-8-21)31(36(33,34)27-17-9-23(29)10-18-27)19-28(32)30-24-11-15-26(16-12-24)35-20-22-5-3-2-4-6-22/h2-18H,19-20H2,1H3,(H,30,32). The number of benzene rings is 4. The highest BCUT2D eigenvalue weighted by molar-refractivity contribution is 7.92. The molecule has 0 atom stereocenters. The summed E-state index contributed by atoms with van der Waals surface area (Å²) in [7, 11) is -4.13. The summed E-state index contributed by atoms with van der Waals surface area (Å²) in [4.78, 5) is 12.8. The molecular formula is C28H25FN2O4S. The van der Waals surface area contributed by atoms with Gasteiger partial charge in [0.15, 0.2) is 0 Å². The van der Waals surface area contributed by atoms with Gasteiger partial charge >= 0.3 is 0 Å². The predicted molar refractivity (Wildman–Crippen MR) is 138 cm³/mol. The van der Waals surface area contributed by atoms with Crippen LogP contribution in [0.15, 0.2) is 108 Å². The van der Waals surface area contributed by atoms with Crippen molar-refractivity contribution >= 4 is 27.3 Å². The van der Waals surface area contributed by atoms with Crippen LogP contribution in [-0.2, 0) is 21.4 Å². The topological polar surface area (TPSA) is 75.7 Å². The minimum absolute atomic E-state index is 0.114. The van der Waals surface area contributed by atoms with Crippen LogP contribution in [-0.4, -0.2) is 20.9 Å². The number of hydrogen-bond donors (Lipinski definition) is 1. The van der Waals surface area contributed by atoms with E-state index < -0.39 is 28.3 Å². The fourth-order valence-corrected chi connectivity index (χ4v) is 4.89. The number of ether oxygens (including phenoxy) is 1. The third-order valence-electron chi connectivity index (χ3n) is 5.40. The highest BCUT2D eigenvalue weighted by atomic mass is 32.2. The van der Waals surface area contributed by atoms with E-state index in [0.29, 0.717) is 23.7 Å². The Bertz CT molecular complexity index is 1410. The number of anilines is 2. The number of halogens is 1. The van der Waals surface area contributed by atoms with Crippen LogP contribution in [0, 0.1) is 12.7 Å². The van der Waals surface area contributed by atoms with Crippen LogP contribution in [0.25, 0.3) is 0 Å². The maximum atomic E-state index is 13.4. The lowest BCUT2D eigenvalue weighted by Crippen LogP contribution is -2.38. The van der Waals surface area contributed by atoms with Gasteiger partial charge in [0, 0.05) is 5.69 Å². The molecule has 6 nitrogen and oxygen atoms in total. The van der Waals surface area contributed by atoms with E-state index in [1.54, 1.807) is 48.5 Å². The van der Waals surface area contributed by atoms with Crippen LogP contribution < -0.4 is 14.4 Å². The Morgan fingerprint density at radius 1 is 0.861 bits per heavy atom. The van der Waals surface area contributed by atoms with Crippen LogP contribution in [0.1, 0.15) is 11.1 Å². The number of carbonyl (C=O) groups is 1. The number of aryl methyl sites for hydroxylation is 1. The molecule has 0 heterocycles. The third kappa shape index (κ3) is 6.28. The fraction of sp³-hybridized carbons (Fsp3) is 0.107. The monoisotopic (exact) mass is 504 g/mol. The molecule has 36 heavy (non-hydrogen) atoms. The summed E-state index contributed by atoms with van der Waals surface area (Å²) in [5.74, 6) is -0.444. The molecule has 0 bridgehead atoms. The van der Waals surface area contributed by atoms with Gasteiger partial charge in [0.05, 0.1) is 10.6 Å². The van der Waals surface area contributed by atoms with E-state index >= 15 is 0 Å². The Morgan fingerprint density at radius 3 is 2.14 bits per heavy atom. The lowest BCUT2D eigenvalue weighted by molar-refractivity contribution is -0.114. The summed E-state index contributed by atoms with van der Waals surface area (Å²) in [6.07, 6.45) is 0. The van der Waals surface area contributed by atoms with E-state index in [1.165, 1.54) is 12.1 Å². The van der Waals surface area contributed by atoms with Crippen molar-refractivity contribution in [1.82, 2.24) is 0 Å². The number of amides is 1. The Hall–Kier alpha value is -4.17. The van der Waals surface area contributed by atoms with Crippen molar-refractivity contribution in [2.75, 3.05) is 16.2 Å². The minimum atomic E-state index is -4.13. The van der Waals surface area contributed by atoms with Crippen molar-refractivity contribution in [1.29, 1.82) is 0 Å². The average Bonchev–Trinajstić information content (AvgIpc) is 2.88. The fourth-order valence-electron chi connectivity index (χ4n) is 3.47. The van der Waals surface area contributed by atoms with Gasteiger partial charge in [0.1, 0.15) is 24.7 Å². The highest BCUT2D eigenvalue weighted by Crippen LogP contribution is 2.25. The number of sulfonamides is 1. The minimum Gasteiger partial charge on any atom is -0.489 e. The summed E-state index contributed by atoms with van der Waals surface area (Å²) in [6, 6.07) is 27.8. The number of carbonyl (C=O) groups excluding carboxylic acids is 1. The molecule has 184 valence electrons. The van der Waals surface area contributed by atoms with E-state index in [-0.39, 0.29) is 4.90 Å². The Morgan fingerprint density at radius 2 is 1.50 bits per heavy atom. The molecule has 0 unspecified atom stereocenters. The Balaban J connectivity index is 1.48. The first-order valence-electron chi connectivity index (χ1n) is 11.2. The molecule has 0 radical (unpaired) electrons. The first kappa shape index (κ1) is 24.9. The smallest absolute Gasteiger partial charge is 0.264 e. The van der Waals surface area contributed by atoms with Gasteiger partial charge in [-0.15, -0.1) is 0 Å². The van der Waals surface area contributed by atoms with Crippen molar-refractivity contribution in [3.05, 3.63) is 120 Å². The van der Waals surface area contributed by atoms with Gasteiger partial charge in [0.25, 0.3) is 10.0 Å². The van der Waals surface area contributed by atoms with Gasteiger partial charge in [-0.1, -0.05) is 48.0 Å². The maximum absolute atomic E-state index is 13.4. The zero-order valence-electron chi connectivity index (χ0n) is 19.6. The second-order valence-electron chi connectivity index (χ2n) is 8.15. The molecule has 0 saturated carbocycles. The SMILES string of the molecule is Cc1ccc(N(CC(=O)Nc2ccc(OCc3ccccc3)cc2)S(=O)(=O)c2ccc(F)cc2)cc1. The molecule has 4 aromatic carbocycles. The molecule has 1 amide bonds. The maximum Gasteiger partial charge on any atom is 0.264 e. The summed E-state index contributed by atoms with van der Waals surface area (Å²) in [5.41, 5.74) is 2.80. The number of rotatable bonds is 9. The molecule has 1 N–H and O–H groups in total. The first-order chi connectivity index (χ1) is 17.3. The van der Waals surface area contributed by atoms with E-state index in [0.717, 1.165) is 27.6 Å². The molecule has 4 aromatic rings. The quantitative estimate of drug-likeness (QED) is 0.324. The van der Waals surface area contributed by atoms with Gasteiger partial charge < -0.3 is 10.1 Å². The van der Waals surface area contributed by atoms with Crippen molar-refractivity contribution in [3.8, 4) is 5.75 Å². The molecule has 0 aromatic heterocycles. The van der Waals surface area contributed by atoms with Gasteiger partial charge in [-0.05, 0) is 73.2 Å². The van der Waals surface area contributed by atoms with Crippen molar-refractivity contribution in [2.45, 2.75) is 18.4 Å². The van der Waals surface area contributed by atoms with E-state index in [1.807, 2.05) is 37.3 Å². The van der Waals surface area contributed by atoms with E-state index in [9.17, 15) is 17.6 Å². The summed E-state index contributed by atoms with van der Waals surface area (Å²) in [5, 5.41) is 2.73. The second kappa shape index (κ2) is 11.0. The molecule has 4 rings (SSSR count). The third-order valence-corrected chi connectivity index (χ3v) is 7.19. The van der Waals surface area contributed by atoms with Gasteiger partial charge in [-0.3, -0.25) is 9.10 Å². The Labute approximate surface area is 210 Å². The number of hydrogen-bond acceptors (Lipinski definition) is 4. The molecule has 0 fully saturated rings. The molecule has 0 saturated heterocycles. The zero-order chi connectivity index (χ0) is 25.5. The molecule has 0 spiro atoms. The van der Waals surface area contributed by atoms with Gasteiger partial charge in [-0.2, -0.15) is 0 Å². The van der Waals surface area contributed by atoms with Crippen LogP contribution in [0.2, 0.25) is 0 Å². The average molecular weight is 505 g/mol. The summed E-state index contributed by atoms with van der Waals surface area (Å²) >= 11 is 0. The largest absolute Gasteiger partial charge is 0.489 e. The summed E-state index contributed by atoms with van der Waals surface area (Å²) < 4.78 is 46.9. The normalized spacial score (nSPS) is 11.1. The second-order valence-corrected chi connectivity index (χ2v) is 10.0. The lowest BCUT2D eigenvalue weighted by atomic mass is 10.2. The zero-order valence-corrected chi connectivity index (χ0v) is 20.4. The number of nitrogens with zero attached hydrogens (tertiary/aromatic N) is 1. The van der Waals surface area contributed by atoms with Crippen LogP contribution in [0.5, 0.6) is 5.75 Å². The van der Waals surface area contributed by atoms with Gasteiger partial charge in [0.2, 0.25) is 5.91 Å². The predicted octanol–water partition coefficient (Wildman–Crippen LogP) is 5.55. The molecule has 0 aliphatic rings. The molecule has 0 aliphatic heterocycles. The van der Waals surface area contributed by atoms with Crippen LogP contribution in [0.4, 0.5) is 15.8 Å². The summed E-state index contributed by atoms with van der Waals surface area (Å²) in [6.45, 7) is 1.83. The molecular weight excluding hydrogens is 479 g/mol. The van der Waals surface area contributed by atoms with Crippen LogP contribution in [0.3, 0.4) is 0 Å². The number of nitrogens with one attached hydrogen (secondary N) is 1. The van der Waals surface area contributed by atoms with Crippen molar-refractivity contribution in [3.63, 3.8) is 0 Å². The Kier molecular flexibility index (Phi) is 7.65. The van der Waals surface area contributed by atoms with Crippen LogP contribution >= 0.6 is 0 Å². The van der Waals surface area contributed by atoms with Gasteiger partial charge in [-0.25, -0.2) is 12.8 Å². The first-order valence-corrected chi connectivity index (χ1v) is 12.7. The van der Waals surface area contributed by atoms with Crippen molar-refractivity contribution in [2.24, 2.45) is 0 Å². The van der Waals surface area contributed by atoms with E-state index in [2.05, 4.69) is 5.32 Å². The van der Waals surface area contributed by atoms with E-state index in [4.69, 9.17) is 4.74 Å². The van der Waals surface area contributed by atoms with Crippen molar-refractivity contribution < 1.29 is 22.3 Å². The molecule has 8 heteroatoms. The molecule has 0 aliphatic carbocycles.